The van der Waals surface area contributed by atoms with Crippen molar-refractivity contribution in [1.29, 1.82) is 0 Å². The van der Waals surface area contributed by atoms with E-state index in [0.717, 1.165) is 31.5 Å². The summed E-state index contributed by atoms with van der Waals surface area (Å²) in [6.45, 7) is 3.36. The van der Waals surface area contributed by atoms with Crippen molar-refractivity contribution in [2.24, 2.45) is 11.7 Å². The van der Waals surface area contributed by atoms with E-state index in [0.29, 0.717) is 31.6 Å². The van der Waals surface area contributed by atoms with E-state index in [1.54, 1.807) is 0 Å². The molecule has 0 aliphatic carbocycles. The lowest BCUT2D eigenvalue weighted by Gasteiger charge is -2.39. The molecule has 28 heavy (non-hydrogen) atoms. The third kappa shape index (κ3) is 3.82. The lowest BCUT2D eigenvalue weighted by Crippen LogP contribution is -2.49. The van der Waals surface area contributed by atoms with E-state index in [9.17, 15) is 4.79 Å². The Bertz CT molecular complexity index is 763. The standard InChI is InChI=1S/C23H28N2O2.ClH/c24-15-19-16-25(17-21(19)18-7-3-1-4-8-18)22(26)23(11-13-27-14-12-23)20-9-5-2-6-10-20;/h1-10,19,21H,11-17,24H2;1H/t19-,21+;/m1./s1. The zero-order valence-corrected chi connectivity index (χ0v) is 16.9. The summed E-state index contributed by atoms with van der Waals surface area (Å²) in [5.74, 6) is 0.866. The number of benzene rings is 2. The average Bonchev–Trinajstić information content (AvgIpc) is 3.19. The van der Waals surface area contributed by atoms with Crippen LogP contribution in [0.25, 0.3) is 0 Å². The van der Waals surface area contributed by atoms with Gasteiger partial charge in [-0.2, -0.15) is 0 Å². The molecule has 2 aromatic rings. The Labute approximate surface area is 173 Å². The maximum Gasteiger partial charge on any atom is 0.233 e. The van der Waals surface area contributed by atoms with Gasteiger partial charge in [-0.15, -0.1) is 12.4 Å². The lowest BCUT2D eigenvalue weighted by atomic mass is 9.73. The Kier molecular flexibility index (Phi) is 6.76. The number of hydrogen-bond acceptors (Lipinski definition) is 3. The molecule has 0 saturated carbocycles. The number of carbonyl (C=O) groups is 1. The SMILES string of the molecule is Cl.NC[C@@H]1CN(C(=O)C2(c3ccccc3)CCOCC2)C[C@H]1c1ccccc1. The number of halogens is 1. The van der Waals surface area contributed by atoms with Crippen LogP contribution in [-0.2, 0) is 14.9 Å². The number of amides is 1. The molecular formula is C23H29ClN2O2. The molecule has 0 radical (unpaired) electrons. The largest absolute Gasteiger partial charge is 0.381 e. The van der Waals surface area contributed by atoms with Crippen LogP contribution in [0, 0.1) is 5.92 Å². The Morgan fingerprint density at radius 3 is 2.21 bits per heavy atom. The first-order valence-corrected chi connectivity index (χ1v) is 9.92. The molecule has 0 aromatic heterocycles. The molecule has 2 aliphatic heterocycles. The van der Waals surface area contributed by atoms with Gasteiger partial charge in [0.1, 0.15) is 0 Å². The number of carbonyl (C=O) groups excluding carboxylic acids is 1. The molecule has 2 saturated heterocycles. The molecule has 2 atom stereocenters. The minimum atomic E-state index is -0.468. The number of nitrogens with zero attached hydrogens (tertiary/aromatic N) is 1. The van der Waals surface area contributed by atoms with Crippen LogP contribution >= 0.6 is 12.4 Å². The highest BCUT2D eigenvalue weighted by atomic mass is 35.5. The zero-order chi connectivity index (χ0) is 18.7. The molecule has 5 heteroatoms. The van der Waals surface area contributed by atoms with Gasteiger partial charge >= 0.3 is 0 Å². The van der Waals surface area contributed by atoms with Crippen molar-refractivity contribution in [2.75, 3.05) is 32.8 Å². The molecule has 150 valence electrons. The Morgan fingerprint density at radius 1 is 1.00 bits per heavy atom. The van der Waals surface area contributed by atoms with Gasteiger partial charge in [-0.3, -0.25) is 4.79 Å². The molecule has 2 heterocycles. The first-order chi connectivity index (χ1) is 13.2. The van der Waals surface area contributed by atoms with Gasteiger partial charge < -0.3 is 15.4 Å². The van der Waals surface area contributed by atoms with Gasteiger partial charge in [0.2, 0.25) is 5.91 Å². The second-order valence-electron chi connectivity index (χ2n) is 7.78. The molecule has 0 unspecified atom stereocenters. The van der Waals surface area contributed by atoms with Crippen molar-refractivity contribution < 1.29 is 9.53 Å². The maximum atomic E-state index is 13.8. The van der Waals surface area contributed by atoms with Gasteiger partial charge in [0, 0.05) is 32.2 Å². The number of hydrogen-bond donors (Lipinski definition) is 1. The van der Waals surface area contributed by atoms with E-state index in [2.05, 4.69) is 41.3 Å². The molecule has 0 bridgehead atoms. The van der Waals surface area contributed by atoms with E-state index in [1.807, 2.05) is 24.3 Å². The van der Waals surface area contributed by atoms with E-state index in [1.165, 1.54) is 5.56 Å². The fourth-order valence-corrected chi connectivity index (χ4v) is 4.76. The smallest absolute Gasteiger partial charge is 0.233 e. The van der Waals surface area contributed by atoms with E-state index in [-0.39, 0.29) is 18.3 Å². The lowest BCUT2D eigenvalue weighted by molar-refractivity contribution is -0.140. The van der Waals surface area contributed by atoms with Crippen LogP contribution < -0.4 is 5.73 Å². The normalized spacial score (nSPS) is 23.8. The molecule has 2 aliphatic rings. The summed E-state index contributed by atoms with van der Waals surface area (Å²) in [5, 5.41) is 0. The first kappa shape index (κ1) is 20.8. The first-order valence-electron chi connectivity index (χ1n) is 9.92. The van der Waals surface area contributed by atoms with E-state index >= 15 is 0 Å². The number of nitrogens with two attached hydrogens (primary N) is 1. The average molecular weight is 401 g/mol. The van der Waals surface area contributed by atoms with Crippen molar-refractivity contribution in [2.45, 2.75) is 24.2 Å². The second-order valence-corrected chi connectivity index (χ2v) is 7.78. The van der Waals surface area contributed by atoms with Gasteiger partial charge in [-0.05, 0) is 36.4 Å². The summed E-state index contributed by atoms with van der Waals surface area (Å²) >= 11 is 0. The van der Waals surface area contributed by atoms with Gasteiger partial charge in [0.15, 0.2) is 0 Å². The molecule has 0 spiro atoms. The summed E-state index contributed by atoms with van der Waals surface area (Å²) in [6, 6.07) is 20.7. The van der Waals surface area contributed by atoms with Crippen LogP contribution in [0.4, 0.5) is 0 Å². The summed E-state index contributed by atoms with van der Waals surface area (Å²) in [5.41, 5.74) is 8.02. The Morgan fingerprint density at radius 2 is 1.61 bits per heavy atom. The summed E-state index contributed by atoms with van der Waals surface area (Å²) in [4.78, 5) is 15.9. The van der Waals surface area contributed by atoms with Crippen molar-refractivity contribution in [3.8, 4) is 0 Å². The van der Waals surface area contributed by atoms with Crippen LogP contribution in [0.1, 0.15) is 29.9 Å². The van der Waals surface area contributed by atoms with Gasteiger partial charge in [0.05, 0.1) is 5.41 Å². The Hall–Kier alpha value is -1.88. The molecule has 4 rings (SSSR count). The van der Waals surface area contributed by atoms with Crippen molar-refractivity contribution in [1.82, 2.24) is 4.90 Å². The van der Waals surface area contributed by atoms with Crippen molar-refractivity contribution >= 4 is 18.3 Å². The van der Waals surface area contributed by atoms with Gasteiger partial charge in [-0.1, -0.05) is 60.7 Å². The maximum absolute atomic E-state index is 13.8. The highest BCUT2D eigenvalue weighted by molar-refractivity contribution is 5.89. The molecule has 2 aromatic carbocycles. The van der Waals surface area contributed by atoms with Crippen LogP contribution in [0.2, 0.25) is 0 Å². The third-order valence-electron chi connectivity index (χ3n) is 6.34. The minimum Gasteiger partial charge on any atom is -0.381 e. The highest BCUT2D eigenvalue weighted by Crippen LogP contribution is 2.40. The molecule has 4 nitrogen and oxygen atoms in total. The quantitative estimate of drug-likeness (QED) is 0.856. The van der Waals surface area contributed by atoms with Gasteiger partial charge in [0.25, 0.3) is 0 Å². The summed E-state index contributed by atoms with van der Waals surface area (Å²) in [6.07, 6.45) is 1.49. The Balaban J connectivity index is 0.00000225. The van der Waals surface area contributed by atoms with Crippen molar-refractivity contribution in [3.05, 3.63) is 71.8 Å². The highest BCUT2D eigenvalue weighted by Gasteiger charge is 2.47. The fourth-order valence-electron chi connectivity index (χ4n) is 4.76. The fraction of sp³-hybridized carbons (Fsp3) is 0.435. The van der Waals surface area contributed by atoms with Crippen LogP contribution in [0.5, 0.6) is 0 Å². The number of rotatable bonds is 4. The molecule has 2 N–H and O–H groups in total. The van der Waals surface area contributed by atoms with Crippen molar-refractivity contribution in [3.63, 3.8) is 0 Å². The van der Waals surface area contributed by atoms with E-state index < -0.39 is 5.41 Å². The van der Waals surface area contributed by atoms with Crippen LogP contribution in [0.3, 0.4) is 0 Å². The monoisotopic (exact) mass is 400 g/mol. The molecular weight excluding hydrogens is 372 g/mol. The number of ether oxygens (including phenoxy) is 1. The van der Waals surface area contributed by atoms with Crippen LogP contribution in [-0.4, -0.2) is 43.7 Å². The van der Waals surface area contributed by atoms with E-state index in [4.69, 9.17) is 10.5 Å². The van der Waals surface area contributed by atoms with Gasteiger partial charge in [-0.25, -0.2) is 0 Å². The molecule has 1 amide bonds. The summed E-state index contributed by atoms with van der Waals surface area (Å²) < 4.78 is 5.60. The summed E-state index contributed by atoms with van der Waals surface area (Å²) in [7, 11) is 0. The molecule has 2 fully saturated rings. The third-order valence-corrected chi connectivity index (χ3v) is 6.34. The zero-order valence-electron chi connectivity index (χ0n) is 16.1. The topological polar surface area (TPSA) is 55.6 Å². The second kappa shape index (κ2) is 9.08. The minimum absolute atomic E-state index is 0. The number of likely N-dealkylation sites (tertiary alicyclic amines) is 1. The van der Waals surface area contributed by atoms with Crippen LogP contribution in [0.15, 0.2) is 60.7 Å². The predicted octanol–water partition coefficient (Wildman–Crippen LogP) is 3.36. The predicted molar refractivity (Wildman–Crippen MR) is 114 cm³/mol.